The summed E-state index contributed by atoms with van der Waals surface area (Å²) < 4.78 is 5.28. The maximum Gasteiger partial charge on any atom is 0.293 e. The van der Waals surface area contributed by atoms with Gasteiger partial charge in [0.1, 0.15) is 5.60 Å². The summed E-state index contributed by atoms with van der Waals surface area (Å²) in [4.78, 5) is 10.6. The largest absolute Gasteiger partial charge is 0.461 e. The molecule has 2 saturated carbocycles. The number of aryl methyl sites for hydroxylation is 2. The molecule has 0 radical (unpaired) electrons. The SMILES string of the molecule is Cc1c(CCCCCCC2(C)CC2)cc(CCCCC2(OC=O)CC2)c(C)c1C. The van der Waals surface area contributed by atoms with E-state index in [0.29, 0.717) is 6.47 Å². The summed E-state index contributed by atoms with van der Waals surface area (Å²) in [6.45, 7) is 9.98. The van der Waals surface area contributed by atoms with Crippen LogP contribution in [0.15, 0.2) is 6.07 Å². The number of hydrogen-bond donors (Lipinski definition) is 0. The van der Waals surface area contributed by atoms with Crippen LogP contribution in [0.5, 0.6) is 0 Å². The monoisotopic (exact) mass is 398 g/mol. The highest BCUT2D eigenvalue weighted by Crippen LogP contribution is 2.49. The summed E-state index contributed by atoms with van der Waals surface area (Å²) in [5.74, 6) is 0. The highest BCUT2D eigenvalue weighted by atomic mass is 16.5. The van der Waals surface area contributed by atoms with Crippen LogP contribution in [0.1, 0.15) is 112 Å². The van der Waals surface area contributed by atoms with Gasteiger partial charge in [-0.05, 0) is 125 Å². The fourth-order valence-electron chi connectivity index (χ4n) is 4.82. The van der Waals surface area contributed by atoms with E-state index >= 15 is 0 Å². The predicted octanol–water partition coefficient (Wildman–Crippen LogP) is 7.32. The van der Waals surface area contributed by atoms with Crippen molar-refractivity contribution in [1.29, 1.82) is 0 Å². The van der Waals surface area contributed by atoms with Gasteiger partial charge in [-0.2, -0.15) is 0 Å². The molecule has 29 heavy (non-hydrogen) atoms. The van der Waals surface area contributed by atoms with E-state index in [1.54, 1.807) is 5.56 Å². The molecule has 0 saturated heterocycles. The maximum atomic E-state index is 10.6. The maximum absolute atomic E-state index is 10.6. The summed E-state index contributed by atoms with van der Waals surface area (Å²) in [5.41, 5.74) is 8.20. The van der Waals surface area contributed by atoms with Gasteiger partial charge >= 0.3 is 0 Å². The molecule has 2 aliphatic carbocycles. The van der Waals surface area contributed by atoms with E-state index in [2.05, 4.69) is 33.8 Å². The normalized spacial score (nSPS) is 18.5. The van der Waals surface area contributed by atoms with Crippen LogP contribution in [0.2, 0.25) is 0 Å². The van der Waals surface area contributed by atoms with Crippen LogP contribution in [0.3, 0.4) is 0 Å². The average molecular weight is 399 g/mol. The van der Waals surface area contributed by atoms with Gasteiger partial charge in [0.15, 0.2) is 0 Å². The lowest BCUT2D eigenvalue weighted by Crippen LogP contribution is -2.12. The van der Waals surface area contributed by atoms with E-state index in [0.717, 1.165) is 37.5 Å². The molecular formula is C27H42O2. The summed E-state index contributed by atoms with van der Waals surface area (Å²) in [5, 5.41) is 0. The van der Waals surface area contributed by atoms with Crippen LogP contribution in [-0.4, -0.2) is 12.1 Å². The van der Waals surface area contributed by atoms with Crippen molar-refractivity contribution in [1.82, 2.24) is 0 Å². The average Bonchev–Trinajstić information content (AvgIpc) is 3.62. The molecule has 0 atom stereocenters. The molecule has 0 spiro atoms. The van der Waals surface area contributed by atoms with Crippen molar-refractivity contribution in [2.24, 2.45) is 5.41 Å². The Balaban J connectivity index is 1.43. The van der Waals surface area contributed by atoms with Crippen LogP contribution in [0.25, 0.3) is 0 Å². The van der Waals surface area contributed by atoms with Gasteiger partial charge in [-0.1, -0.05) is 32.3 Å². The number of carbonyl (C=O) groups excluding carboxylic acids is 1. The minimum absolute atomic E-state index is 0.0952. The molecule has 0 aliphatic heterocycles. The van der Waals surface area contributed by atoms with Crippen LogP contribution < -0.4 is 0 Å². The zero-order chi connectivity index (χ0) is 20.9. The van der Waals surface area contributed by atoms with Crippen molar-refractivity contribution >= 4 is 6.47 Å². The van der Waals surface area contributed by atoms with E-state index in [4.69, 9.17) is 4.74 Å². The molecule has 162 valence electrons. The fraction of sp³-hybridized carbons (Fsp3) is 0.741. The molecule has 0 unspecified atom stereocenters. The first-order valence-electron chi connectivity index (χ1n) is 12.1. The van der Waals surface area contributed by atoms with E-state index in [1.807, 2.05) is 0 Å². The second kappa shape index (κ2) is 9.67. The van der Waals surface area contributed by atoms with Crippen LogP contribution in [0, 0.1) is 26.2 Å². The zero-order valence-electron chi connectivity index (χ0n) is 19.4. The van der Waals surface area contributed by atoms with Crippen molar-refractivity contribution in [3.8, 4) is 0 Å². The van der Waals surface area contributed by atoms with Gasteiger partial charge < -0.3 is 4.74 Å². The number of unbranched alkanes of at least 4 members (excludes halogenated alkanes) is 4. The van der Waals surface area contributed by atoms with E-state index in [1.165, 1.54) is 80.0 Å². The van der Waals surface area contributed by atoms with Gasteiger partial charge in [0.25, 0.3) is 6.47 Å². The highest BCUT2D eigenvalue weighted by molar-refractivity contribution is 5.44. The Hall–Kier alpha value is -1.31. The topological polar surface area (TPSA) is 26.3 Å². The number of ether oxygens (including phenoxy) is 1. The van der Waals surface area contributed by atoms with Gasteiger partial charge in [0, 0.05) is 0 Å². The minimum Gasteiger partial charge on any atom is -0.461 e. The smallest absolute Gasteiger partial charge is 0.293 e. The molecule has 2 aliphatic rings. The minimum atomic E-state index is -0.0952. The van der Waals surface area contributed by atoms with Crippen molar-refractivity contribution < 1.29 is 9.53 Å². The van der Waals surface area contributed by atoms with Crippen molar-refractivity contribution in [3.05, 3.63) is 33.9 Å². The lowest BCUT2D eigenvalue weighted by atomic mass is 9.89. The Labute approximate surface area is 178 Å². The second-order valence-corrected chi connectivity index (χ2v) is 10.4. The standard InChI is InChI=1S/C27H42O2/c1-21-22(2)24(11-7-5-6-9-13-26(4)15-16-26)19-25(23(21)3)12-8-10-14-27(17-18-27)29-20-28/h19-20H,5-18H2,1-4H3. The summed E-state index contributed by atoms with van der Waals surface area (Å²) in [7, 11) is 0. The lowest BCUT2D eigenvalue weighted by Gasteiger charge is -2.17. The van der Waals surface area contributed by atoms with Crippen molar-refractivity contribution in [2.45, 2.75) is 123 Å². The Kier molecular flexibility index (Phi) is 7.46. The Morgan fingerprint density at radius 2 is 1.34 bits per heavy atom. The second-order valence-electron chi connectivity index (χ2n) is 10.4. The molecule has 0 aromatic heterocycles. The van der Waals surface area contributed by atoms with Gasteiger partial charge in [-0.25, -0.2) is 0 Å². The number of rotatable bonds is 14. The third-order valence-corrected chi connectivity index (χ3v) is 7.95. The summed E-state index contributed by atoms with van der Waals surface area (Å²) >= 11 is 0. The van der Waals surface area contributed by atoms with Crippen LogP contribution in [0.4, 0.5) is 0 Å². The highest BCUT2D eigenvalue weighted by Gasteiger charge is 2.44. The Bertz CT molecular complexity index is 695. The van der Waals surface area contributed by atoms with E-state index in [9.17, 15) is 4.79 Å². The molecule has 0 heterocycles. The molecule has 1 aromatic carbocycles. The molecule has 0 bridgehead atoms. The van der Waals surface area contributed by atoms with Gasteiger partial charge in [0.2, 0.25) is 0 Å². The summed E-state index contributed by atoms with van der Waals surface area (Å²) in [6.07, 6.45) is 17.7. The zero-order valence-corrected chi connectivity index (χ0v) is 19.4. The molecule has 1 aromatic rings. The first-order valence-corrected chi connectivity index (χ1v) is 12.1. The first-order chi connectivity index (χ1) is 13.9. The molecule has 2 nitrogen and oxygen atoms in total. The van der Waals surface area contributed by atoms with Crippen LogP contribution in [-0.2, 0) is 22.4 Å². The van der Waals surface area contributed by atoms with Gasteiger partial charge in [-0.15, -0.1) is 0 Å². The van der Waals surface area contributed by atoms with Crippen LogP contribution >= 0.6 is 0 Å². The van der Waals surface area contributed by atoms with Gasteiger partial charge in [-0.3, -0.25) is 4.79 Å². The molecule has 2 fully saturated rings. The fourth-order valence-corrected chi connectivity index (χ4v) is 4.82. The quantitative estimate of drug-likeness (QED) is 0.242. The first kappa shape index (κ1) is 22.4. The van der Waals surface area contributed by atoms with Crippen molar-refractivity contribution in [3.63, 3.8) is 0 Å². The Morgan fingerprint density at radius 3 is 1.90 bits per heavy atom. The Morgan fingerprint density at radius 1 is 0.793 bits per heavy atom. The van der Waals surface area contributed by atoms with E-state index < -0.39 is 0 Å². The molecular weight excluding hydrogens is 356 g/mol. The molecule has 0 N–H and O–H groups in total. The molecule has 0 amide bonds. The molecule has 2 heteroatoms. The van der Waals surface area contributed by atoms with Crippen molar-refractivity contribution in [2.75, 3.05) is 0 Å². The third kappa shape index (κ3) is 6.33. The predicted molar refractivity (Wildman–Crippen MR) is 121 cm³/mol. The number of carbonyl (C=O) groups is 1. The number of benzene rings is 1. The number of hydrogen-bond acceptors (Lipinski definition) is 2. The third-order valence-electron chi connectivity index (χ3n) is 7.95. The summed E-state index contributed by atoms with van der Waals surface area (Å²) in [6, 6.07) is 2.50. The van der Waals surface area contributed by atoms with Gasteiger partial charge in [0.05, 0.1) is 0 Å². The lowest BCUT2D eigenvalue weighted by molar-refractivity contribution is -0.135. The van der Waals surface area contributed by atoms with E-state index in [-0.39, 0.29) is 5.60 Å². The molecule has 3 rings (SSSR count).